The summed E-state index contributed by atoms with van der Waals surface area (Å²) in [5, 5.41) is 15.2. The number of hydrogen-bond acceptors (Lipinski definition) is 9. The molecular formula is C28H25F4N7O2. The maximum absolute atomic E-state index is 14.9. The minimum absolute atomic E-state index is 0.0327. The van der Waals surface area contributed by atoms with Gasteiger partial charge in [0.2, 0.25) is 5.95 Å². The number of halogens is 4. The number of nitrogens with zero attached hydrogens (tertiary/aromatic N) is 5. The van der Waals surface area contributed by atoms with Gasteiger partial charge in [-0.1, -0.05) is 12.1 Å². The second kappa shape index (κ2) is 9.97. The minimum atomic E-state index is -4.95. The first kappa shape index (κ1) is 26.9. The Labute approximate surface area is 232 Å². The number of ether oxygens (including phenoxy) is 1. The number of carbonyl (C=O) groups excluding carboxylic acids is 1. The van der Waals surface area contributed by atoms with Crippen LogP contribution in [-0.2, 0) is 16.9 Å². The van der Waals surface area contributed by atoms with Gasteiger partial charge in [0.1, 0.15) is 11.2 Å². The Bertz CT molecular complexity index is 1570. The van der Waals surface area contributed by atoms with E-state index in [-0.39, 0.29) is 29.2 Å². The average molecular weight is 568 g/mol. The van der Waals surface area contributed by atoms with Crippen LogP contribution in [0, 0.1) is 17.1 Å². The van der Waals surface area contributed by atoms with E-state index in [0.717, 1.165) is 17.3 Å². The predicted octanol–water partition coefficient (Wildman–Crippen LogP) is 4.23. The summed E-state index contributed by atoms with van der Waals surface area (Å²) in [6.45, 7) is 2.25. The van der Waals surface area contributed by atoms with Gasteiger partial charge in [0.15, 0.2) is 17.3 Å². The molecule has 2 N–H and O–H groups in total. The molecule has 9 nitrogen and oxygen atoms in total. The highest BCUT2D eigenvalue weighted by molar-refractivity contribution is 6.07. The van der Waals surface area contributed by atoms with Gasteiger partial charge in [0.25, 0.3) is 0 Å². The van der Waals surface area contributed by atoms with Crippen LogP contribution in [0.1, 0.15) is 24.0 Å². The number of hydrogen-bond donors (Lipinski definition) is 2. The Morgan fingerprint density at radius 1 is 1.24 bits per heavy atom. The number of ketones is 1. The average Bonchev–Trinajstić information content (AvgIpc) is 3.45. The Kier molecular flexibility index (Phi) is 6.55. The second-order valence-corrected chi connectivity index (χ2v) is 10.4. The van der Waals surface area contributed by atoms with Crippen molar-refractivity contribution in [2.24, 2.45) is 0 Å². The molecule has 1 aliphatic carbocycles. The zero-order valence-corrected chi connectivity index (χ0v) is 21.9. The van der Waals surface area contributed by atoms with Crippen LogP contribution in [0.2, 0.25) is 0 Å². The SMILES string of the molecule is CN1CCN(c2ccc(OC(F)(F)F)c(Nc3ncc(F)c(-c4ccc5c(c4)CNC54CC4=O)n3)c2)CC1CC#N. The lowest BCUT2D eigenvalue weighted by Gasteiger charge is -2.40. The number of alkyl halides is 3. The Balaban J connectivity index is 1.31. The first-order valence-corrected chi connectivity index (χ1v) is 13.0. The molecule has 2 aliphatic heterocycles. The van der Waals surface area contributed by atoms with Crippen LogP contribution in [0.25, 0.3) is 11.3 Å². The second-order valence-electron chi connectivity index (χ2n) is 10.4. The van der Waals surface area contributed by atoms with Crippen LogP contribution in [0.15, 0.2) is 42.6 Å². The molecular weight excluding hydrogens is 542 g/mol. The monoisotopic (exact) mass is 567 g/mol. The topological polar surface area (TPSA) is 106 Å². The smallest absolute Gasteiger partial charge is 0.404 e. The van der Waals surface area contributed by atoms with Gasteiger partial charge in [-0.3, -0.25) is 15.0 Å². The zero-order chi connectivity index (χ0) is 28.9. The number of Topliss-reactive ketones (excluding diaryl/α,β-unsaturated/α-hetero) is 1. The highest BCUT2D eigenvalue weighted by Crippen LogP contribution is 2.47. The fourth-order valence-corrected chi connectivity index (χ4v) is 5.53. The van der Waals surface area contributed by atoms with Crippen LogP contribution < -0.4 is 20.3 Å². The third-order valence-corrected chi connectivity index (χ3v) is 7.84. The molecule has 212 valence electrons. The summed E-state index contributed by atoms with van der Waals surface area (Å²) in [6, 6.07) is 11.6. The fourth-order valence-electron chi connectivity index (χ4n) is 5.53. The van der Waals surface area contributed by atoms with E-state index in [0.29, 0.717) is 50.3 Å². The van der Waals surface area contributed by atoms with E-state index in [9.17, 15) is 22.4 Å². The number of fused-ring (bicyclic) bond motifs is 2. The van der Waals surface area contributed by atoms with Gasteiger partial charge >= 0.3 is 6.36 Å². The van der Waals surface area contributed by atoms with E-state index in [2.05, 4.69) is 36.3 Å². The molecule has 2 aromatic carbocycles. The summed E-state index contributed by atoms with van der Waals surface area (Å²) in [5.41, 5.74) is 2.06. The maximum Gasteiger partial charge on any atom is 0.573 e. The molecule has 1 aromatic heterocycles. The third-order valence-electron chi connectivity index (χ3n) is 7.84. The van der Waals surface area contributed by atoms with Crippen molar-refractivity contribution in [1.82, 2.24) is 20.2 Å². The standard InChI is InChI=1S/C28H25F4N7O2/c1-38-8-9-39(15-19(38)6-7-33)18-3-5-23(41-28(30,31)32)22(11-18)36-26-34-14-21(29)25(37-26)16-2-4-20-17(10-16)13-35-27(20)12-24(27)40/h2-5,10-11,14,19,35H,6,8-9,12-13,15H2,1H3,(H,34,36,37). The number of piperazine rings is 1. The highest BCUT2D eigenvalue weighted by Gasteiger charge is 2.58. The number of anilines is 3. The number of rotatable bonds is 6. The predicted molar refractivity (Wildman–Crippen MR) is 141 cm³/mol. The van der Waals surface area contributed by atoms with Gasteiger partial charge < -0.3 is 15.0 Å². The lowest BCUT2D eigenvalue weighted by Crippen LogP contribution is -2.51. The van der Waals surface area contributed by atoms with Crippen LogP contribution in [0.4, 0.5) is 34.9 Å². The van der Waals surface area contributed by atoms with Crippen LogP contribution in [0.3, 0.4) is 0 Å². The quantitative estimate of drug-likeness (QED) is 0.424. The van der Waals surface area contributed by atoms with Crippen molar-refractivity contribution in [2.45, 2.75) is 37.3 Å². The molecule has 3 aromatic rings. The van der Waals surface area contributed by atoms with Gasteiger partial charge in [-0.25, -0.2) is 14.4 Å². The molecule has 3 aliphatic rings. The molecule has 0 amide bonds. The van der Waals surface area contributed by atoms with Gasteiger partial charge in [-0.05, 0) is 42.4 Å². The summed E-state index contributed by atoms with van der Waals surface area (Å²) >= 11 is 0. The van der Waals surface area contributed by atoms with E-state index in [1.165, 1.54) is 18.2 Å². The maximum atomic E-state index is 14.9. The Hall–Kier alpha value is -4.28. The fraction of sp³-hybridized carbons (Fsp3) is 0.357. The lowest BCUT2D eigenvalue weighted by molar-refractivity contribution is -0.274. The number of benzene rings is 2. The van der Waals surface area contributed by atoms with Crippen LogP contribution >= 0.6 is 0 Å². The number of aromatic nitrogens is 2. The summed E-state index contributed by atoms with van der Waals surface area (Å²) < 4.78 is 58.8. The zero-order valence-electron chi connectivity index (χ0n) is 21.9. The molecule has 13 heteroatoms. The molecule has 2 atom stereocenters. The molecule has 6 rings (SSSR count). The number of nitrogens with one attached hydrogen (secondary N) is 2. The third kappa shape index (κ3) is 5.16. The molecule has 2 fully saturated rings. The Morgan fingerprint density at radius 3 is 2.78 bits per heavy atom. The van der Waals surface area contributed by atoms with Gasteiger partial charge in [-0.2, -0.15) is 5.26 Å². The van der Waals surface area contributed by atoms with E-state index >= 15 is 0 Å². The molecule has 2 unspecified atom stereocenters. The summed E-state index contributed by atoms with van der Waals surface area (Å²) in [5.74, 6) is -1.22. The van der Waals surface area contributed by atoms with Crippen molar-refractivity contribution in [2.75, 3.05) is 36.9 Å². The van der Waals surface area contributed by atoms with Crippen molar-refractivity contribution in [3.05, 3.63) is 59.5 Å². The van der Waals surface area contributed by atoms with Crippen LogP contribution in [-0.4, -0.2) is 59.7 Å². The summed E-state index contributed by atoms with van der Waals surface area (Å²) in [6.07, 6.45) is -3.26. The molecule has 41 heavy (non-hydrogen) atoms. The van der Waals surface area contributed by atoms with Crippen molar-refractivity contribution in [3.63, 3.8) is 0 Å². The molecule has 0 bridgehead atoms. The van der Waals surface area contributed by atoms with E-state index in [4.69, 9.17) is 5.26 Å². The van der Waals surface area contributed by atoms with Crippen LogP contribution in [0.5, 0.6) is 5.75 Å². The molecule has 0 radical (unpaired) electrons. The number of carbonyl (C=O) groups is 1. The molecule has 1 saturated carbocycles. The van der Waals surface area contributed by atoms with E-state index < -0.39 is 23.5 Å². The molecule has 3 heterocycles. The highest BCUT2D eigenvalue weighted by atomic mass is 19.4. The van der Waals surface area contributed by atoms with E-state index in [1.54, 1.807) is 18.2 Å². The number of likely N-dealkylation sites (N-methyl/N-ethyl adjacent to an activating group) is 1. The lowest BCUT2D eigenvalue weighted by atomic mass is 9.99. The largest absolute Gasteiger partial charge is 0.573 e. The number of nitriles is 1. The van der Waals surface area contributed by atoms with Crippen molar-refractivity contribution >= 4 is 23.1 Å². The molecule has 1 saturated heterocycles. The van der Waals surface area contributed by atoms with Crippen molar-refractivity contribution in [1.29, 1.82) is 5.26 Å². The first-order valence-electron chi connectivity index (χ1n) is 13.0. The minimum Gasteiger partial charge on any atom is -0.404 e. The van der Waals surface area contributed by atoms with Gasteiger partial charge in [0, 0.05) is 49.9 Å². The normalized spacial score (nSPS) is 22.0. The van der Waals surface area contributed by atoms with Crippen molar-refractivity contribution in [3.8, 4) is 23.1 Å². The first-order chi connectivity index (χ1) is 19.6. The van der Waals surface area contributed by atoms with E-state index in [1.807, 2.05) is 11.9 Å². The summed E-state index contributed by atoms with van der Waals surface area (Å²) in [7, 11) is 1.93. The van der Waals surface area contributed by atoms with Crippen molar-refractivity contribution < 1.29 is 27.1 Å². The molecule has 1 spiro atoms. The van der Waals surface area contributed by atoms with Gasteiger partial charge in [-0.15, -0.1) is 13.2 Å². The van der Waals surface area contributed by atoms with Gasteiger partial charge in [0.05, 0.1) is 24.4 Å². The summed E-state index contributed by atoms with van der Waals surface area (Å²) in [4.78, 5) is 24.2. The Morgan fingerprint density at radius 2 is 2.05 bits per heavy atom.